The molecule has 98 valence electrons. The standard InChI is InChI=1S/C13H13ClN4O/c1-7-3-8(2)5-9(4-7)17-11-10(14)6-16-18-12(11)13(15)19/h3-6H,1-2H3,(H2,15,19)(H,16,17). The first-order valence-electron chi connectivity index (χ1n) is 5.63. The first-order chi connectivity index (χ1) is 8.97. The number of carbonyl (C=O) groups is 1. The van der Waals surface area contributed by atoms with Crippen molar-refractivity contribution in [2.45, 2.75) is 13.8 Å². The van der Waals surface area contributed by atoms with E-state index in [1.165, 1.54) is 6.20 Å². The molecular formula is C13H13ClN4O. The van der Waals surface area contributed by atoms with Crippen molar-refractivity contribution >= 4 is 28.9 Å². The SMILES string of the molecule is Cc1cc(C)cc(Nc2c(Cl)cnnc2C(N)=O)c1. The Morgan fingerprint density at radius 3 is 2.47 bits per heavy atom. The molecule has 0 atom stereocenters. The molecular weight excluding hydrogens is 264 g/mol. The van der Waals surface area contributed by atoms with E-state index in [0.29, 0.717) is 10.7 Å². The number of rotatable bonds is 3. The lowest BCUT2D eigenvalue weighted by Crippen LogP contribution is -2.16. The summed E-state index contributed by atoms with van der Waals surface area (Å²) in [7, 11) is 0. The Labute approximate surface area is 115 Å². The summed E-state index contributed by atoms with van der Waals surface area (Å²) in [6, 6.07) is 5.93. The monoisotopic (exact) mass is 276 g/mol. The van der Waals surface area contributed by atoms with Gasteiger partial charge in [0.15, 0.2) is 5.69 Å². The number of halogens is 1. The van der Waals surface area contributed by atoms with Gasteiger partial charge in [0.05, 0.1) is 16.9 Å². The molecule has 0 saturated carbocycles. The Morgan fingerprint density at radius 2 is 1.89 bits per heavy atom. The van der Waals surface area contributed by atoms with Gasteiger partial charge in [-0.25, -0.2) is 0 Å². The summed E-state index contributed by atoms with van der Waals surface area (Å²) in [5.74, 6) is -0.679. The van der Waals surface area contributed by atoms with Crippen molar-refractivity contribution in [1.82, 2.24) is 10.2 Å². The van der Waals surface area contributed by atoms with Crippen LogP contribution in [0.15, 0.2) is 24.4 Å². The molecule has 0 saturated heterocycles. The minimum absolute atomic E-state index is 0.0201. The van der Waals surface area contributed by atoms with E-state index in [9.17, 15) is 4.79 Å². The van der Waals surface area contributed by atoms with Gasteiger partial charge in [0.2, 0.25) is 0 Å². The molecule has 0 spiro atoms. The fourth-order valence-corrected chi connectivity index (χ4v) is 2.03. The van der Waals surface area contributed by atoms with Gasteiger partial charge >= 0.3 is 0 Å². The summed E-state index contributed by atoms with van der Waals surface area (Å²) in [5, 5.41) is 10.7. The molecule has 0 aliphatic heterocycles. The van der Waals surface area contributed by atoms with Crippen LogP contribution in [0.25, 0.3) is 0 Å². The highest BCUT2D eigenvalue weighted by molar-refractivity contribution is 6.34. The van der Waals surface area contributed by atoms with Gasteiger partial charge in [0.25, 0.3) is 5.91 Å². The van der Waals surface area contributed by atoms with E-state index in [1.54, 1.807) is 0 Å². The Bertz CT molecular complexity index is 622. The van der Waals surface area contributed by atoms with Gasteiger partial charge in [-0.3, -0.25) is 4.79 Å². The predicted molar refractivity (Wildman–Crippen MR) is 74.8 cm³/mol. The molecule has 0 aliphatic rings. The number of nitrogens with two attached hydrogens (primary N) is 1. The Balaban J connectivity index is 2.45. The summed E-state index contributed by atoms with van der Waals surface area (Å²) in [6.45, 7) is 3.97. The average molecular weight is 277 g/mol. The van der Waals surface area contributed by atoms with E-state index in [-0.39, 0.29) is 5.69 Å². The van der Waals surface area contributed by atoms with Crippen LogP contribution in [0.5, 0.6) is 0 Å². The highest BCUT2D eigenvalue weighted by Gasteiger charge is 2.14. The number of aromatic nitrogens is 2. The molecule has 1 heterocycles. The minimum atomic E-state index is -0.679. The van der Waals surface area contributed by atoms with Crippen LogP contribution in [0.3, 0.4) is 0 Å². The van der Waals surface area contributed by atoms with E-state index in [1.807, 2.05) is 32.0 Å². The van der Waals surface area contributed by atoms with E-state index < -0.39 is 5.91 Å². The van der Waals surface area contributed by atoms with Gasteiger partial charge in [0.1, 0.15) is 0 Å². The highest BCUT2D eigenvalue weighted by Crippen LogP contribution is 2.27. The van der Waals surface area contributed by atoms with Gasteiger partial charge in [0, 0.05) is 5.69 Å². The Morgan fingerprint density at radius 1 is 1.26 bits per heavy atom. The molecule has 6 heteroatoms. The topological polar surface area (TPSA) is 80.9 Å². The number of nitrogens with zero attached hydrogens (tertiary/aromatic N) is 2. The van der Waals surface area contributed by atoms with E-state index in [0.717, 1.165) is 16.8 Å². The van der Waals surface area contributed by atoms with Crippen LogP contribution < -0.4 is 11.1 Å². The number of primary amides is 1. The lowest BCUT2D eigenvalue weighted by molar-refractivity contribution is 0.0995. The number of anilines is 2. The molecule has 5 nitrogen and oxygen atoms in total. The molecule has 0 bridgehead atoms. The maximum Gasteiger partial charge on any atom is 0.271 e. The maximum atomic E-state index is 11.3. The third kappa shape index (κ3) is 3.00. The number of amides is 1. The van der Waals surface area contributed by atoms with Gasteiger partial charge < -0.3 is 11.1 Å². The van der Waals surface area contributed by atoms with Crippen molar-refractivity contribution in [3.63, 3.8) is 0 Å². The van der Waals surface area contributed by atoms with Crippen LogP contribution in [0.1, 0.15) is 21.6 Å². The molecule has 0 aliphatic carbocycles. The van der Waals surface area contributed by atoms with Crippen molar-refractivity contribution in [3.8, 4) is 0 Å². The second-order valence-corrected chi connectivity index (χ2v) is 4.69. The zero-order valence-electron chi connectivity index (χ0n) is 10.6. The molecule has 0 unspecified atom stereocenters. The van der Waals surface area contributed by atoms with Crippen molar-refractivity contribution in [3.05, 3.63) is 46.2 Å². The summed E-state index contributed by atoms with van der Waals surface area (Å²) in [4.78, 5) is 11.3. The van der Waals surface area contributed by atoms with Gasteiger partial charge in [-0.15, -0.1) is 5.10 Å². The van der Waals surface area contributed by atoms with Crippen LogP contribution in [-0.2, 0) is 0 Å². The van der Waals surface area contributed by atoms with Crippen LogP contribution in [0.2, 0.25) is 5.02 Å². The van der Waals surface area contributed by atoms with E-state index in [4.69, 9.17) is 17.3 Å². The third-order valence-corrected chi connectivity index (χ3v) is 2.82. The highest BCUT2D eigenvalue weighted by atomic mass is 35.5. The number of hydrogen-bond acceptors (Lipinski definition) is 4. The maximum absolute atomic E-state index is 11.3. The molecule has 1 aromatic heterocycles. The minimum Gasteiger partial charge on any atom is -0.364 e. The van der Waals surface area contributed by atoms with E-state index >= 15 is 0 Å². The number of aryl methyl sites for hydroxylation is 2. The quantitative estimate of drug-likeness (QED) is 0.903. The second-order valence-electron chi connectivity index (χ2n) is 4.28. The second kappa shape index (κ2) is 5.24. The van der Waals surface area contributed by atoms with Crippen LogP contribution in [0, 0.1) is 13.8 Å². The normalized spacial score (nSPS) is 10.3. The molecule has 3 N–H and O–H groups in total. The summed E-state index contributed by atoms with van der Waals surface area (Å²) < 4.78 is 0. The number of nitrogens with one attached hydrogen (secondary N) is 1. The fourth-order valence-electron chi connectivity index (χ4n) is 1.85. The molecule has 1 aromatic carbocycles. The number of hydrogen-bond donors (Lipinski definition) is 2. The number of carbonyl (C=O) groups excluding carboxylic acids is 1. The predicted octanol–water partition coefficient (Wildman–Crippen LogP) is 2.59. The lowest BCUT2D eigenvalue weighted by Gasteiger charge is -2.11. The molecule has 2 aromatic rings. The lowest BCUT2D eigenvalue weighted by atomic mass is 10.1. The van der Waals surface area contributed by atoms with Crippen molar-refractivity contribution in [2.75, 3.05) is 5.32 Å². The molecule has 0 fully saturated rings. The van der Waals surface area contributed by atoms with Gasteiger partial charge in [-0.2, -0.15) is 5.10 Å². The first-order valence-corrected chi connectivity index (χ1v) is 6.01. The van der Waals surface area contributed by atoms with Gasteiger partial charge in [-0.1, -0.05) is 17.7 Å². The van der Waals surface area contributed by atoms with Crippen LogP contribution in [0.4, 0.5) is 11.4 Å². The Hall–Kier alpha value is -2.14. The first kappa shape index (κ1) is 13.3. The molecule has 0 radical (unpaired) electrons. The molecule has 19 heavy (non-hydrogen) atoms. The van der Waals surface area contributed by atoms with Crippen molar-refractivity contribution < 1.29 is 4.79 Å². The summed E-state index contributed by atoms with van der Waals surface area (Å²) in [6.07, 6.45) is 1.36. The Kier molecular flexibility index (Phi) is 3.66. The van der Waals surface area contributed by atoms with Crippen molar-refractivity contribution in [2.24, 2.45) is 5.73 Å². The van der Waals surface area contributed by atoms with Crippen LogP contribution in [-0.4, -0.2) is 16.1 Å². The fraction of sp³-hybridized carbons (Fsp3) is 0.154. The van der Waals surface area contributed by atoms with Crippen LogP contribution >= 0.6 is 11.6 Å². The molecule has 2 rings (SSSR count). The van der Waals surface area contributed by atoms with Crippen molar-refractivity contribution in [1.29, 1.82) is 0 Å². The third-order valence-electron chi connectivity index (χ3n) is 2.53. The summed E-state index contributed by atoms with van der Waals surface area (Å²) in [5.41, 5.74) is 8.66. The number of benzene rings is 1. The average Bonchev–Trinajstić information content (AvgIpc) is 2.30. The van der Waals surface area contributed by atoms with E-state index in [2.05, 4.69) is 15.5 Å². The molecule has 1 amide bonds. The largest absolute Gasteiger partial charge is 0.364 e. The smallest absolute Gasteiger partial charge is 0.271 e. The zero-order chi connectivity index (χ0) is 14.0. The van der Waals surface area contributed by atoms with Gasteiger partial charge in [-0.05, 0) is 37.1 Å². The summed E-state index contributed by atoms with van der Waals surface area (Å²) >= 11 is 6.03. The zero-order valence-corrected chi connectivity index (χ0v) is 11.3.